The zero-order valence-electron chi connectivity index (χ0n) is 16.4. The van der Waals surface area contributed by atoms with E-state index in [0.717, 1.165) is 11.6 Å². The average molecular weight is 417 g/mol. The number of carbonyl (C=O) groups is 1. The van der Waals surface area contributed by atoms with E-state index in [4.69, 9.17) is 0 Å². The van der Waals surface area contributed by atoms with Gasteiger partial charge in [0.05, 0.1) is 11.9 Å². The normalized spacial score (nSPS) is 10.5. The highest BCUT2D eigenvalue weighted by Gasteiger charge is 2.12. The van der Waals surface area contributed by atoms with Crippen molar-refractivity contribution in [2.24, 2.45) is 0 Å². The molecule has 1 aromatic carbocycles. The molecule has 154 valence electrons. The second-order valence-electron chi connectivity index (χ2n) is 6.79. The molecule has 3 aromatic heterocycles. The van der Waals surface area contributed by atoms with Crippen molar-refractivity contribution < 1.29 is 13.6 Å². The van der Waals surface area contributed by atoms with E-state index in [-0.39, 0.29) is 5.56 Å². The van der Waals surface area contributed by atoms with E-state index in [9.17, 15) is 13.6 Å². The largest absolute Gasteiger partial charge is 0.325 e. The van der Waals surface area contributed by atoms with Gasteiger partial charge in [-0.2, -0.15) is 0 Å². The predicted molar refractivity (Wildman–Crippen MR) is 114 cm³/mol. The van der Waals surface area contributed by atoms with Crippen LogP contribution in [0.3, 0.4) is 0 Å². The summed E-state index contributed by atoms with van der Waals surface area (Å²) < 4.78 is 27.6. The Hall–Kier alpha value is -4.20. The Morgan fingerprint density at radius 3 is 2.61 bits per heavy atom. The van der Waals surface area contributed by atoms with Crippen LogP contribution < -0.4 is 10.6 Å². The number of nitrogens with zero attached hydrogens (tertiary/aromatic N) is 3. The Kier molecular flexibility index (Phi) is 5.61. The van der Waals surface area contributed by atoms with Crippen LogP contribution in [0.4, 0.5) is 26.1 Å². The number of halogens is 2. The minimum Gasteiger partial charge on any atom is -0.325 e. The highest BCUT2D eigenvalue weighted by Crippen LogP contribution is 2.26. The predicted octanol–water partition coefficient (Wildman–Crippen LogP) is 5.12. The van der Waals surface area contributed by atoms with Gasteiger partial charge >= 0.3 is 0 Å². The summed E-state index contributed by atoms with van der Waals surface area (Å²) in [5.41, 5.74) is 2.13. The zero-order valence-corrected chi connectivity index (χ0v) is 16.4. The third-order valence-corrected chi connectivity index (χ3v) is 4.45. The van der Waals surface area contributed by atoms with Crippen LogP contribution in [0.15, 0.2) is 73.3 Å². The molecule has 0 aliphatic rings. The standard InChI is InChI=1S/C23H17F2N5O/c1-14-5-6-20(28-11-14)30-21-10-15(7-8-27-21)23(31)29-17-9-16(12-26-13-17)18-3-2-4-19(24)22(18)25/h2-13H,1H3,(H,29,31)(H,27,28,30). The minimum atomic E-state index is -0.970. The average Bonchev–Trinajstić information content (AvgIpc) is 2.78. The van der Waals surface area contributed by atoms with Crippen molar-refractivity contribution in [1.82, 2.24) is 15.0 Å². The number of hydrogen-bond donors (Lipinski definition) is 2. The van der Waals surface area contributed by atoms with Crippen molar-refractivity contribution in [1.29, 1.82) is 0 Å². The summed E-state index contributed by atoms with van der Waals surface area (Å²) in [6.45, 7) is 1.94. The molecule has 8 heteroatoms. The number of aromatic nitrogens is 3. The van der Waals surface area contributed by atoms with Gasteiger partial charge in [-0.15, -0.1) is 0 Å². The number of rotatable bonds is 5. The zero-order chi connectivity index (χ0) is 21.8. The van der Waals surface area contributed by atoms with Crippen molar-refractivity contribution in [3.05, 3.63) is 96.1 Å². The second-order valence-corrected chi connectivity index (χ2v) is 6.79. The maximum Gasteiger partial charge on any atom is 0.255 e. The van der Waals surface area contributed by atoms with Gasteiger partial charge in [-0.25, -0.2) is 18.7 Å². The summed E-state index contributed by atoms with van der Waals surface area (Å²) in [4.78, 5) is 25.2. The van der Waals surface area contributed by atoms with Crippen LogP contribution in [0.5, 0.6) is 0 Å². The molecule has 0 fully saturated rings. The van der Waals surface area contributed by atoms with E-state index >= 15 is 0 Å². The molecule has 0 aliphatic heterocycles. The fourth-order valence-corrected chi connectivity index (χ4v) is 2.90. The van der Waals surface area contributed by atoms with Gasteiger partial charge in [0.25, 0.3) is 5.91 Å². The molecule has 0 spiro atoms. The molecule has 3 heterocycles. The van der Waals surface area contributed by atoms with Crippen molar-refractivity contribution in [3.8, 4) is 11.1 Å². The van der Waals surface area contributed by atoms with Gasteiger partial charge in [0.2, 0.25) is 0 Å². The van der Waals surface area contributed by atoms with Crippen LogP contribution >= 0.6 is 0 Å². The molecule has 0 radical (unpaired) electrons. The number of anilines is 3. The fourth-order valence-electron chi connectivity index (χ4n) is 2.90. The van der Waals surface area contributed by atoms with Crippen molar-refractivity contribution in [2.75, 3.05) is 10.6 Å². The molecule has 0 atom stereocenters. The molecule has 0 saturated heterocycles. The molecule has 2 N–H and O–H groups in total. The molecule has 4 aromatic rings. The summed E-state index contributed by atoms with van der Waals surface area (Å²) >= 11 is 0. The summed E-state index contributed by atoms with van der Waals surface area (Å²) in [6.07, 6.45) is 6.05. The molecule has 31 heavy (non-hydrogen) atoms. The molecular formula is C23H17F2N5O. The Bertz CT molecular complexity index is 1240. The monoisotopic (exact) mass is 417 g/mol. The molecule has 0 saturated carbocycles. The van der Waals surface area contributed by atoms with Crippen LogP contribution in [0.25, 0.3) is 11.1 Å². The van der Waals surface area contributed by atoms with Crippen LogP contribution in [0, 0.1) is 18.6 Å². The smallest absolute Gasteiger partial charge is 0.255 e. The summed E-state index contributed by atoms with van der Waals surface area (Å²) in [7, 11) is 0. The molecule has 4 rings (SSSR count). The molecule has 0 unspecified atom stereocenters. The third-order valence-electron chi connectivity index (χ3n) is 4.45. The van der Waals surface area contributed by atoms with E-state index in [2.05, 4.69) is 25.6 Å². The summed E-state index contributed by atoms with van der Waals surface area (Å²) in [6, 6.07) is 12.3. The van der Waals surface area contributed by atoms with Gasteiger partial charge in [0, 0.05) is 35.3 Å². The lowest BCUT2D eigenvalue weighted by Crippen LogP contribution is -2.12. The Morgan fingerprint density at radius 1 is 0.935 bits per heavy atom. The van der Waals surface area contributed by atoms with Crippen LogP contribution in [-0.4, -0.2) is 20.9 Å². The number of nitrogens with one attached hydrogen (secondary N) is 2. The first-order chi connectivity index (χ1) is 15.0. The van der Waals surface area contributed by atoms with E-state index < -0.39 is 17.5 Å². The number of amides is 1. The van der Waals surface area contributed by atoms with Crippen molar-refractivity contribution >= 4 is 23.2 Å². The van der Waals surface area contributed by atoms with Gasteiger partial charge in [0.15, 0.2) is 11.6 Å². The minimum absolute atomic E-state index is 0.0598. The van der Waals surface area contributed by atoms with E-state index in [1.54, 1.807) is 18.3 Å². The SMILES string of the molecule is Cc1ccc(Nc2cc(C(=O)Nc3cncc(-c4cccc(F)c4F)c3)ccn2)nc1. The van der Waals surface area contributed by atoms with Crippen LogP contribution in [0.1, 0.15) is 15.9 Å². The fraction of sp³-hybridized carbons (Fsp3) is 0.0435. The highest BCUT2D eigenvalue weighted by atomic mass is 19.2. The first-order valence-corrected chi connectivity index (χ1v) is 9.36. The van der Waals surface area contributed by atoms with E-state index in [1.807, 2.05) is 19.1 Å². The lowest BCUT2D eigenvalue weighted by Gasteiger charge is -2.09. The maximum absolute atomic E-state index is 14.1. The van der Waals surface area contributed by atoms with Gasteiger partial charge in [0.1, 0.15) is 11.6 Å². The lowest BCUT2D eigenvalue weighted by molar-refractivity contribution is 0.102. The van der Waals surface area contributed by atoms with Gasteiger partial charge in [-0.3, -0.25) is 9.78 Å². The van der Waals surface area contributed by atoms with Crippen LogP contribution in [-0.2, 0) is 0 Å². The molecule has 6 nitrogen and oxygen atoms in total. The number of carbonyl (C=O) groups excluding carboxylic acids is 1. The molecule has 0 bridgehead atoms. The van der Waals surface area contributed by atoms with Gasteiger partial charge in [-0.05, 0) is 42.8 Å². The van der Waals surface area contributed by atoms with Gasteiger partial charge < -0.3 is 10.6 Å². The Labute approximate surface area is 177 Å². The van der Waals surface area contributed by atoms with E-state index in [0.29, 0.717) is 28.5 Å². The first-order valence-electron chi connectivity index (χ1n) is 9.36. The lowest BCUT2D eigenvalue weighted by atomic mass is 10.1. The molecular weight excluding hydrogens is 400 g/mol. The number of hydrogen-bond acceptors (Lipinski definition) is 5. The molecule has 0 aliphatic carbocycles. The summed E-state index contributed by atoms with van der Waals surface area (Å²) in [5, 5.41) is 5.75. The van der Waals surface area contributed by atoms with E-state index in [1.165, 1.54) is 36.8 Å². The topological polar surface area (TPSA) is 79.8 Å². The van der Waals surface area contributed by atoms with Gasteiger partial charge in [-0.1, -0.05) is 18.2 Å². The van der Waals surface area contributed by atoms with Crippen LogP contribution in [0.2, 0.25) is 0 Å². The molecule has 1 amide bonds. The van der Waals surface area contributed by atoms with Crippen molar-refractivity contribution in [2.45, 2.75) is 6.92 Å². The van der Waals surface area contributed by atoms with Crippen molar-refractivity contribution in [3.63, 3.8) is 0 Å². The number of pyridine rings is 3. The second kappa shape index (κ2) is 8.66. The maximum atomic E-state index is 14.1. The third kappa shape index (κ3) is 4.69. The first kappa shape index (κ1) is 20.1. The number of benzene rings is 1. The Morgan fingerprint density at radius 2 is 1.81 bits per heavy atom. The summed E-state index contributed by atoms with van der Waals surface area (Å²) in [5.74, 6) is -1.27. The Balaban J connectivity index is 1.52. The number of aryl methyl sites for hydroxylation is 1. The highest BCUT2D eigenvalue weighted by molar-refractivity contribution is 6.04. The quantitative estimate of drug-likeness (QED) is 0.471.